The lowest BCUT2D eigenvalue weighted by atomic mass is 10.1. The van der Waals surface area contributed by atoms with Gasteiger partial charge in [-0.25, -0.2) is 0 Å². The molecule has 0 radical (unpaired) electrons. The molecule has 2 aliphatic rings. The van der Waals surface area contributed by atoms with Gasteiger partial charge in [0, 0.05) is 30.4 Å². The predicted octanol–water partition coefficient (Wildman–Crippen LogP) is 0.738. The van der Waals surface area contributed by atoms with E-state index in [9.17, 15) is 9.59 Å². The molecule has 2 aromatic heterocycles. The Kier molecular flexibility index (Phi) is 4.14. The molecule has 1 unspecified atom stereocenters. The van der Waals surface area contributed by atoms with Crippen LogP contribution in [0, 0.1) is 6.92 Å². The van der Waals surface area contributed by atoms with Gasteiger partial charge in [-0.3, -0.25) is 9.59 Å². The standard InChI is InChI=1S/C18H24N6O2/c1-11-20-21-16-10-24(14(8-22(2)3)9-23(11)16)18(26)13-6-15(12-4-5-12)19-17(25)7-13/h6-7,12,14H,4-5,8-10H2,1-3H3,(H,19,25). The van der Waals surface area contributed by atoms with Crippen molar-refractivity contribution in [3.05, 3.63) is 45.4 Å². The molecule has 1 N–H and O–H groups in total. The number of likely N-dealkylation sites (N-methyl/N-ethyl adjacent to an activating group) is 1. The monoisotopic (exact) mass is 356 g/mol. The minimum atomic E-state index is -0.210. The summed E-state index contributed by atoms with van der Waals surface area (Å²) < 4.78 is 2.07. The number of nitrogens with one attached hydrogen (secondary N) is 1. The van der Waals surface area contributed by atoms with Gasteiger partial charge in [-0.15, -0.1) is 10.2 Å². The summed E-state index contributed by atoms with van der Waals surface area (Å²) in [5, 5.41) is 8.35. The second-order valence-electron chi connectivity index (χ2n) is 7.59. The van der Waals surface area contributed by atoms with E-state index in [0.717, 1.165) is 36.7 Å². The van der Waals surface area contributed by atoms with Gasteiger partial charge in [-0.05, 0) is 45.8 Å². The summed E-state index contributed by atoms with van der Waals surface area (Å²) in [6, 6.07) is 3.26. The minimum absolute atomic E-state index is 0.00311. The highest BCUT2D eigenvalue weighted by molar-refractivity contribution is 5.94. The van der Waals surface area contributed by atoms with Crippen molar-refractivity contribution in [1.82, 2.24) is 29.5 Å². The second kappa shape index (κ2) is 6.35. The van der Waals surface area contributed by atoms with E-state index in [2.05, 4.69) is 24.6 Å². The molecule has 1 fully saturated rings. The Hall–Kier alpha value is -2.48. The molecule has 1 saturated carbocycles. The highest BCUT2D eigenvalue weighted by Gasteiger charge is 2.33. The van der Waals surface area contributed by atoms with Gasteiger partial charge in [-0.2, -0.15) is 0 Å². The fraction of sp³-hybridized carbons (Fsp3) is 0.556. The molecule has 3 heterocycles. The molecular weight excluding hydrogens is 332 g/mol. The van der Waals surface area contributed by atoms with Crippen LogP contribution in [0.1, 0.15) is 46.5 Å². The molecule has 8 heteroatoms. The lowest BCUT2D eigenvalue weighted by Gasteiger charge is -2.37. The molecule has 1 aliphatic heterocycles. The van der Waals surface area contributed by atoms with E-state index in [0.29, 0.717) is 24.6 Å². The Labute approximate surface area is 151 Å². The number of amides is 1. The molecule has 0 aromatic carbocycles. The lowest BCUT2D eigenvalue weighted by molar-refractivity contribution is 0.0542. The van der Waals surface area contributed by atoms with Crippen molar-refractivity contribution >= 4 is 5.91 Å². The Morgan fingerprint density at radius 2 is 2.08 bits per heavy atom. The van der Waals surface area contributed by atoms with Crippen molar-refractivity contribution in [3.63, 3.8) is 0 Å². The van der Waals surface area contributed by atoms with Gasteiger partial charge in [0.25, 0.3) is 5.91 Å². The smallest absolute Gasteiger partial charge is 0.254 e. The van der Waals surface area contributed by atoms with Gasteiger partial charge in [0.15, 0.2) is 5.82 Å². The number of hydrogen-bond acceptors (Lipinski definition) is 5. The summed E-state index contributed by atoms with van der Waals surface area (Å²) in [5.74, 6) is 1.93. The van der Waals surface area contributed by atoms with Crippen molar-refractivity contribution in [2.75, 3.05) is 20.6 Å². The normalized spacial score (nSPS) is 19.7. The zero-order valence-corrected chi connectivity index (χ0v) is 15.4. The van der Waals surface area contributed by atoms with Crippen LogP contribution in [-0.2, 0) is 13.1 Å². The van der Waals surface area contributed by atoms with E-state index in [1.54, 1.807) is 0 Å². The number of H-pyrrole nitrogens is 1. The first kappa shape index (κ1) is 17.0. The first-order chi connectivity index (χ1) is 12.4. The number of fused-ring (bicyclic) bond motifs is 1. The Balaban J connectivity index is 1.67. The van der Waals surface area contributed by atoms with Crippen LogP contribution in [0.15, 0.2) is 16.9 Å². The van der Waals surface area contributed by atoms with Crippen LogP contribution in [0.5, 0.6) is 0 Å². The molecule has 1 aliphatic carbocycles. The van der Waals surface area contributed by atoms with Gasteiger partial charge in [0.05, 0.1) is 12.6 Å². The van der Waals surface area contributed by atoms with E-state index >= 15 is 0 Å². The fourth-order valence-corrected chi connectivity index (χ4v) is 3.65. The van der Waals surface area contributed by atoms with E-state index in [4.69, 9.17) is 0 Å². The van der Waals surface area contributed by atoms with Crippen LogP contribution in [0.2, 0.25) is 0 Å². The molecule has 1 amide bonds. The molecule has 1 atom stereocenters. The highest BCUT2D eigenvalue weighted by atomic mass is 16.2. The van der Waals surface area contributed by atoms with E-state index in [1.807, 2.05) is 32.0 Å². The molecule has 8 nitrogen and oxygen atoms in total. The second-order valence-corrected chi connectivity index (χ2v) is 7.59. The minimum Gasteiger partial charge on any atom is -0.326 e. The van der Waals surface area contributed by atoms with Gasteiger partial charge in [0.1, 0.15) is 5.82 Å². The van der Waals surface area contributed by atoms with Crippen LogP contribution >= 0.6 is 0 Å². The van der Waals surface area contributed by atoms with Crippen LogP contribution in [0.3, 0.4) is 0 Å². The van der Waals surface area contributed by atoms with Crippen molar-refractivity contribution < 1.29 is 4.79 Å². The number of aromatic amines is 1. The number of pyridine rings is 1. The third-order valence-corrected chi connectivity index (χ3v) is 5.12. The summed E-state index contributed by atoms with van der Waals surface area (Å²) in [4.78, 5) is 32.1. The summed E-state index contributed by atoms with van der Waals surface area (Å²) in [5.41, 5.74) is 1.13. The molecule has 26 heavy (non-hydrogen) atoms. The number of carbonyl (C=O) groups excluding carboxylic acids is 1. The van der Waals surface area contributed by atoms with Crippen molar-refractivity contribution in [3.8, 4) is 0 Å². The van der Waals surface area contributed by atoms with Crippen LogP contribution in [0.25, 0.3) is 0 Å². The fourth-order valence-electron chi connectivity index (χ4n) is 3.65. The largest absolute Gasteiger partial charge is 0.326 e. The Morgan fingerprint density at radius 3 is 2.77 bits per heavy atom. The molecule has 0 bridgehead atoms. The number of nitrogens with zero attached hydrogens (tertiary/aromatic N) is 5. The highest BCUT2D eigenvalue weighted by Crippen LogP contribution is 2.38. The third-order valence-electron chi connectivity index (χ3n) is 5.12. The number of aryl methyl sites for hydroxylation is 1. The first-order valence-corrected chi connectivity index (χ1v) is 9.01. The topological polar surface area (TPSA) is 87.1 Å². The summed E-state index contributed by atoms with van der Waals surface area (Å²) in [6.45, 7) is 3.74. The zero-order valence-electron chi connectivity index (χ0n) is 15.4. The van der Waals surface area contributed by atoms with Gasteiger partial charge in [-0.1, -0.05) is 0 Å². The SMILES string of the molecule is Cc1nnc2n1CC(CN(C)C)N(C(=O)c1cc(C3CC3)[nH]c(=O)c1)C2. The average Bonchev–Trinajstić information content (AvgIpc) is 3.38. The molecular formula is C18H24N6O2. The van der Waals surface area contributed by atoms with Gasteiger partial charge >= 0.3 is 0 Å². The Morgan fingerprint density at radius 1 is 1.31 bits per heavy atom. The van der Waals surface area contributed by atoms with E-state index in [-0.39, 0.29) is 17.5 Å². The average molecular weight is 356 g/mol. The zero-order chi connectivity index (χ0) is 18.4. The molecule has 0 spiro atoms. The van der Waals surface area contributed by atoms with E-state index < -0.39 is 0 Å². The van der Waals surface area contributed by atoms with Crippen LogP contribution in [-0.4, -0.2) is 62.1 Å². The lowest BCUT2D eigenvalue weighted by Crippen LogP contribution is -2.51. The van der Waals surface area contributed by atoms with Gasteiger partial charge < -0.3 is 19.4 Å². The number of carbonyl (C=O) groups is 1. The molecule has 2 aromatic rings. The first-order valence-electron chi connectivity index (χ1n) is 9.01. The van der Waals surface area contributed by atoms with Gasteiger partial charge in [0.2, 0.25) is 5.56 Å². The maximum atomic E-state index is 13.3. The predicted molar refractivity (Wildman–Crippen MR) is 96.0 cm³/mol. The molecule has 4 rings (SSSR count). The van der Waals surface area contributed by atoms with Crippen molar-refractivity contribution in [1.29, 1.82) is 0 Å². The van der Waals surface area contributed by atoms with Crippen molar-refractivity contribution in [2.45, 2.75) is 44.8 Å². The quantitative estimate of drug-likeness (QED) is 0.873. The summed E-state index contributed by atoms with van der Waals surface area (Å²) in [7, 11) is 3.99. The van der Waals surface area contributed by atoms with Crippen molar-refractivity contribution in [2.24, 2.45) is 0 Å². The maximum Gasteiger partial charge on any atom is 0.254 e. The number of rotatable bonds is 4. The molecule has 138 valence electrons. The Bertz CT molecular complexity index is 895. The summed E-state index contributed by atoms with van der Waals surface area (Å²) in [6.07, 6.45) is 2.14. The maximum absolute atomic E-state index is 13.3. The van der Waals surface area contributed by atoms with Crippen LogP contribution < -0.4 is 5.56 Å². The van der Waals surface area contributed by atoms with Crippen LogP contribution in [0.4, 0.5) is 0 Å². The van der Waals surface area contributed by atoms with E-state index in [1.165, 1.54) is 6.07 Å². The number of hydrogen-bond donors (Lipinski definition) is 1. The molecule has 0 saturated heterocycles. The number of aromatic nitrogens is 4. The third kappa shape index (κ3) is 3.16. The summed E-state index contributed by atoms with van der Waals surface area (Å²) >= 11 is 0.